The predicted molar refractivity (Wildman–Crippen MR) is 403 cm³/mol. The molecule has 0 bridgehead atoms. The number of nitrogens with one attached hydrogen (secondary N) is 1. The van der Waals surface area contributed by atoms with Gasteiger partial charge in [0.05, 0.1) is 25.4 Å². The molecular formula is C85H169NO5. The van der Waals surface area contributed by atoms with Crippen LogP contribution in [0.2, 0.25) is 0 Å². The number of amides is 1. The van der Waals surface area contributed by atoms with Gasteiger partial charge in [0, 0.05) is 12.8 Å². The molecule has 2 unspecified atom stereocenters. The lowest BCUT2D eigenvalue weighted by Crippen LogP contribution is -2.45. The zero-order valence-electron chi connectivity index (χ0n) is 62.6. The molecule has 3 N–H and O–H groups in total. The van der Waals surface area contributed by atoms with E-state index >= 15 is 0 Å². The molecule has 0 aromatic carbocycles. The molecule has 0 saturated heterocycles. The molecular weight excluding hydrogens is 1110 g/mol. The molecule has 0 spiro atoms. The van der Waals surface area contributed by atoms with E-state index in [9.17, 15) is 19.8 Å². The normalized spacial score (nSPS) is 12.4. The highest BCUT2D eigenvalue weighted by molar-refractivity contribution is 5.76. The van der Waals surface area contributed by atoms with Crippen molar-refractivity contribution in [2.75, 3.05) is 13.2 Å². The van der Waals surface area contributed by atoms with Gasteiger partial charge in [-0.2, -0.15) is 0 Å². The second kappa shape index (κ2) is 81.3. The molecule has 0 aromatic rings. The first-order chi connectivity index (χ1) is 45.0. The van der Waals surface area contributed by atoms with Gasteiger partial charge in [-0.3, -0.25) is 9.59 Å². The molecule has 6 heteroatoms. The Morgan fingerprint density at radius 2 is 0.451 bits per heavy atom. The monoisotopic (exact) mass is 1280 g/mol. The highest BCUT2D eigenvalue weighted by atomic mass is 16.5. The number of aliphatic hydroxyl groups excluding tert-OH is 2. The number of aliphatic hydroxyl groups is 2. The summed E-state index contributed by atoms with van der Waals surface area (Å²) in [6, 6.07) is -0.539. The average molecular weight is 1290 g/mol. The van der Waals surface area contributed by atoms with Crippen LogP contribution >= 0.6 is 0 Å². The highest BCUT2D eigenvalue weighted by Gasteiger charge is 2.20. The van der Waals surface area contributed by atoms with Gasteiger partial charge < -0.3 is 20.3 Å². The Hall–Kier alpha value is -1.14. The quantitative estimate of drug-likeness (QED) is 0.0417. The molecule has 0 aromatic heterocycles. The van der Waals surface area contributed by atoms with Crippen molar-refractivity contribution >= 4 is 11.9 Å². The number of carbonyl (C=O) groups is 2. The van der Waals surface area contributed by atoms with Crippen molar-refractivity contribution in [3.8, 4) is 0 Å². The van der Waals surface area contributed by atoms with Gasteiger partial charge in [0.2, 0.25) is 5.91 Å². The fraction of sp³-hybridized carbons (Fsp3) is 0.976. The molecule has 0 aliphatic carbocycles. The molecule has 544 valence electrons. The van der Waals surface area contributed by atoms with Crippen LogP contribution in [0.15, 0.2) is 0 Å². The van der Waals surface area contributed by atoms with E-state index < -0.39 is 12.1 Å². The number of ether oxygens (including phenoxy) is 1. The second-order valence-electron chi connectivity index (χ2n) is 29.9. The summed E-state index contributed by atoms with van der Waals surface area (Å²) >= 11 is 0. The Balaban J connectivity index is 3.31. The Kier molecular flexibility index (Phi) is 80.3. The number of hydrogen-bond donors (Lipinski definition) is 3. The van der Waals surface area contributed by atoms with Crippen LogP contribution in [0.25, 0.3) is 0 Å². The number of carbonyl (C=O) groups excluding carboxylic acids is 2. The number of esters is 1. The minimum Gasteiger partial charge on any atom is -0.466 e. The van der Waals surface area contributed by atoms with Crippen molar-refractivity contribution in [3.63, 3.8) is 0 Å². The van der Waals surface area contributed by atoms with Crippen molar-refractivity contribution in [2.24, 2.45) is 0 Å². The van der Waals surface area contributed by atoms with Crippen molar-refractivity contribution in [1.82, 2.24) is 5.32 Å². The van der Waals surface area contributed by atoms with Crippen molar-refractivity contribution in [1.29, 1.82) is 0 Å². The predicted octanol–water partition coefficient (Wildman–Crippen LogP) is 28.4. The zero-order chi connectivity index (χ0) is 65.6. The van der Waals surface area contributed by atoms with Gasteiger partial charge in [-0.1, -0.05) is 470 Å². The minimum absolute atomic E-state index is 0.0233. The van der Waals surface area contributed by atoms with Gasteiger partial charge in [0.1, 0.15) is 0 Å². The number of unbranched alkanes of at least 4 members (excludes halogenated alkanes) is 71. The summed E-state index contributed by atoms with van der Waals surface area (Å²) in [5.41, 5.74) is 0. The minimum atomic E-state index is -0.662. The van der Waals surface area contributed by atoms with Crippen LogP contribution in [0.1, 0.15) is 508 Å². The van der Waals surface area contributed by atoms with Gasteiger partial charge in [0.15, 0.2) is 0 Å². The largest absolute Gasteiger partial charge is 0.466 e. The fourth-order valence-electron chi connectivity index (χ4n) is 14.2. The first-order valence-electron chi connectivity index (χ1n) is 42.8. The van der Waals surface area contributed by atoms with Gasteiger partial charge in [-0.05, 0) is 25.7 Å². The smallest absolute Gasteiger partial charge is 0.305 e. The van der Waals surface area contributed by atoms with E-state index in [0.717, 1.165) is 38.5 Å². The lowest BCUT2D eigenvalue weighted by Gasteiger charge is -2.22. The number of rotatable bonds is 82. The molecule has 6 nitrogen and oxygen atoms in total. The molecule has 0 aliphatic heterocycles. The molecule has 2 atom stereocenters. The van der Waals surface area contributed by atoms with Crippen LogP contribution in [0.4, 0.5) is 0 Å². The van der Waals surface area contributed by atoms with Crippen LogP contribution in [-0.2, 0) is 14.3 Å². The lowest BCUT2D eigenvalue weighted by molar-refractivity contribution is -0.143. The Labute approximate surface area is 572 Å². The second-order valence-corrected chi connectivity index (χ2v) is 29.9. The summed E-state index contributed by atoms with van der Waals surface area (Å²) in [5.74, 6) is 0.00373. The fourth-order valence-corrected chi connectivity index (χ4v) is 14.2. The standard InChI is InChI=1S/C85H169NO5/c1-3-5-7-9-11-13-15-17-19-21-22-23-24-33-36-39-42-46-49-53-57-61-65-69-73-77-83(88)82(81-87)86-84(89)78-74-70-66-62-58-54-50-47-43-40-37-34-31-29-27-25-26-28-30-32-35-38-41-44-48-52-56-60-64-68-72-76-80-91-85(90)79-75-71-67-63-59-55-51-45-20-18-16-14-12-10-8-6-4-2/h82-83,87-88H,3-81H2,1-2H3,(H,86,89). The molecule has 0 radical (unpaired) electrons. The first-order valence-corrected chi connectivity index (χ1v) is 42.8. The molecule has 0 saturated carbocycles. The van der Waals surface area contributed by atoms with Crippen LogP contribution < -0.4 is 5.32 Å². The van der Waals surface area contributed by atoms with Crippen LogP contribution in [0.3, 0.4) is 0 Å². The average Bonchev–Trinajstić information content (AvgIpc) is 3.75. The third-order valence-electron chi connectivity index (χ3n) is 20.7. The maximum absolute atomic E-state index is 12.6. The van der Waals surface area contributed by atoms with Crippen LogP contribution in [0, 0.1) is 0 Å². The van der Waals surface area contributed by atoms with E-state index in [1.54, 1.807) is 0 Å². The van der Waals surface area contributed by atoms with Crippen LogP contribution in [0.5, 0.6) is 0 Å². The molecule has 1 amide bonds. The summed E-state index contributed by atoms with van der Waals surface area (Å²) in [6.45, 7) is 5.03. The molecule has 91 heavy (non-hydrogen) atoms. The molecule has 0 heterocycles. The SMILES string of the molecule is CCCCCCCCCCCCCCCCCCCCCCCCCCCC(O)C(CO)NC(=O)CCCCCCCCCCCCCCCCCCCCCCCCCCCCCCCCCCOC(=O)CCCCCCCCCCCCCCCCCCC. The van der Waals surface area contributed by atoms with Gasteiger partial charge >= 0.3 is 5.97 Å². The first kappa shape index (κ1) is 89.9. The number of hydrogen-bond acceptors (Lipinski definition) is 5. The van der Waals surface area contributed by atoms with E-state index in [-0.39, 0.29) is 18.5 Å². The summed E-state index contributed by atoms with van der Waals surface area (Å²) in [5, 5.41) is 23.5. The summed E-state index contributed by atoms with van der Waals surface area (Å²) in [6.07, 6.45) is 102. The van der Waals surface area contributed by atoms with Crippen molar-refractivity contribution in [2.45, 2.75) is 520 Å². The van der Waals surface area contributed by atoms with E-state index in [1.807, 2.05) is 0 Å². The third kappa shape index (κ3) is 77.7. The van der Waals surface area contributed by atoms with Crippen LogP contribution in [-0.4, -0.2) is 47.4 Å². The van der Waals surface area contributed by atoms with Gasteiger partial charge in [0.25, 0.3) is 0 Å². The molecule has 0 rings (SSSR count). The van der Waals surface area contributed by atoms with Gasteiger partial charge in [-0.15, -0.1) is 0 Å². The topological polar surface area (TPSA) is 95.9 Å². The Morgan fingerprint density at radius 3 is 0.670 bits per heavy atom. The van der Waals surface area contributed by atoms with E-state index in [0.29, 0.717) is 25.9 Å². The summed E-state index contributed by atoms with van der Waals surface area (Å²) in [7, 11) is 0. The highest BCUT2D eigenvalue weighted by Crippen LogP contribution is 2.21. The van der Waals surface area contributed by atoms with E-state index in [2.05, 4.69) is 19.2 Å². The Morgan fingerprint density at radius 1 is 0.264 bits per heavy atom. The molecule has 0 aliphatic rings. The van der Waals surface area contributed by atoms with Gasteiger partial charge in [-0.25, -0.2) is 0 Å². The van der Waals surface area contributed by atoms with Crippen molar-refractivity contribution < 1.29 is 24.5 Å². The van der Waals surface area contributed by atoms with E-state index in [1.165, 1.54) is 437 Å². The third-order valence-corrected chi connectivity index (χ3v) is 20.7. The molecule has 0 fully saturated rings. The Bertz CT molecular complexity index is 1340. The summed E-state index contributed by atoms with van der Waals surface area (Å²) < 4.78 is 5.52. The zero-order valence-corrected chi connectivity index (χ0v) is 62.6. The van der Waals surface area contributed by atoms with E-state index in [4.69, 9.17) is 4.74 Å². The van der Waals surface area contributed by atoms with Crippen molar-refractivity contribution in [3.05, 3.63) is 0 Å². The summed E-state index contributed by atoms with van der Waals surface area (Å²) in [4.78, 5) is 24.7. The maximum Gasteiger partial charge on any atom is 0.305 e. The lowest BCUT2D eigenvalue weighted by atomic mass is 10.0. The maximum atomic E-state index is 12.6.